The molecule has 3 nitrogen and oxygen atoms in total. The second-order valence-corrected chi connectivity index (χ2v) is 4.41. The number of fused-ring (bicyclic) bond motifs is 1. The topological polar surface area (TPSA) is 32.3 Å². The van der Waals surface area contributed by atoms with Crippen LogP contribution in [0.25, 0.3) is 0 Å². The SMILES string of the molecule is C#CCNC(=O)N1CC(C)Cc2ccccc21. The highest BCUT2D eigenvalue weighted by Crippen LogP contribution is 2.29. The largest absolute Gasteiger partial charge is 0.327 e. The number of nitrogens with one attached hydrogen (secondary N) is 1. The average Bonchev–Trinajstić information content (AvgIpc) is 2.34. The fourth-order valence-corrected chi connectivity index (χ4v) is 2.21. The Morgan fingerprint density at radius 1 is 1.59 bits per heavy atom. The summed E-state index contributed by atoms with van der Waals surface area (Å²) in [6, 6.07) is 7.91. The predicted molar refractivity (Wildman–Crippen MR) is 68.9 cm³/mol. The second kappa shape index (κ2) is 4.92. The number of hydrogen-bond acceptors (Lipinski definition) is 1. The van der Waals surface area contributed by atoms with E-state index in [0.29, 0.717) is 5.92 Å². The molecule has 1 atom stereocenters. The Labute approximate surface area is 102 Å². The highest BCUT2D eigenvalue weighted by atomic mass is 16.2. The van der Waals surface area contributed by atoms with E-state index >= 15 is 0 Å². The molecule has 2 amide bonds. The molecule has 1 unspecified atom stereocenters. The number of nitrogens with zero attached hydrogens (tertiary/aromatic N) is 1. The third kappa shape index (κ3) is 2.42. The summed E-state index contributed by atoms with van der Waals surface area (Å²) >= 11 is 0. The molecular formula is C14H16N2O. The Balaban J connectivity index is 2.24. The van der Waals surface area contributed by atoms with Crippen molar-refractivity contribution in [1.82, 2.24) is 5.32 Å². The standard InChI is InChI=1S/C14H16N2O/c1-3-8-15-14(17)16-10-11(2)9-12-6-4-5-7-13(12)16/h1,4-7,11H,8-10H2,2H3,(H,15,17). The van der Waals surface area contributed by atoms with E-state index in [9.17, 15) is 4.79 Å². The molecule has 0 fully saturated rings. The smallest absolute Gasteiger partial charge is 0.322 e. The van der Waals surface area contributed by atoms with Gasteiger partial charge >= 0.3 is 6.03 Å². The van der Waals surface area contributed by atoms with E-state index in [-0.39, 0.29) is 12.6 Å². The van der Waals surface area contributed by atoms with Gasteiger partial charge in [-0.05, 0) is 24.0 Å². The molecular weight excluding hydrogens is 212 g/mol. The van der Waals surface area contributed by atoms with Gasteiger partial charge in [-0.3, -0.25) is 4.90 Å². The lowest BCUT2D eigenvalue weighted by Crippen LogP contribution is -2.45. The van der Waals surface area contributed by atoms with Crippen molar-refractivity contribution in [2.75, 3.05) is 18.0 Å². The van der Waals surface area contributed by atoms with Gasteiger partial charge in [0.25, 0.3) is 0 Å². The number of benzene rings is 1. The van der Waals surface area contributed by atoms with E-state index in [2.05, 4.69) is 24.2 Å². The minimum atomic E-state index is -0.109. The van der Waals surface area contributed by atoms with Crippen LogP contribution in [0.3, 0.4) is 0 Å². The van der Waals surface area contributed by atoms with Crippen molar-refractivity contribution in [3.63, 3.8) is 0 Å². The Morgan fingerprint density at radius 3 is 3.12 bits per heavy atom. The lowest BCUT2D eigenvalue weighted by Gasteiger charge is -2.32. The summed E-state index contributed by atoms with van der Waals surface area (Å²) in [7, 11) is 0. The van der Waals surface area contributed by atoms with E-state index in [1.807, 2.05) is 18.2 Å². The number of amides is 2. The van der Waals surface area contributed by atoms with Crippen molar-refractivity contribution < 1.29 is 4.79 Å². The summed E-state index contributed by atoms with van der Waals surface area (Å²) in [4.78, 5) is 13.8. The Bertz CT molecular complexity index is 462. The van der Waals surface area contributed by atoms with Crippen LogP contribution in [0.2, 0.25) is 0 Å². The molecule has 1 aromatic carbocycles. The van der Waals surface area contributed by atoms with Crippen molar-refractivity contribution in [3.8, 4) is 12.3 Å². The Morgan fingerprint density at radius 2 is 2.35 bits per heavy atom. The summed E-state index contributed by atoms with van der Waals surface area (Å²) < 4.78 is 0. The van der Waals surface area contributed by atoms with Gasteiger partial charge in [-0.1, -0.05) is 31.0 Å². The van der Waals surface area contributed by atoms with Gasteiger partial charge in [0.2, 0.25) is 0 Å². The zero-order valence-electron chi connectivity index (χ0n) is 9.94. The van der Waals surface area contributed by atoms with Crippen LogP contribution in [-0.4, -0.2) is 19.1 Å². The molecule has 88 valence electrons. The summed E-state index contributed by atoms with van der Waals surface area (Å²) in [5.41, 5.74) is 2.22. The summed E-state index contributed by atoms with van der Waals surface area (Å²) in [5.74, 6) is 2.89. The molecule has 17 heavy (non-hydrogen) atoms. The molecule has 1 aliphatic rings. The lowest BCUT2D eigenvalue weighted by atomic mass is 9.94. The molecule has 1 aromatic rings. The van der Waals surface area contributed by atoms with Gasteiger partial charge in [-0.15, -0.1) is 6.42 Å². The fraction of sp³-hybridized carbons (Fsp3) is 0.357. The molecule has 0 spiro atoms. The van der Waals surface area contributed by atoms with Crippen LogP contribution in [0.1, 0.15) is 12.5 Å². The van der Waals surface area contributed by atoms with Crippen LogP contribution in [0.4, 0.5) is 10.5 Å². The summed E-state index contributed by atoms with van der Waals surface area (Å²) in [6.45, 7) is 3.16. The maximum absolute atomic E-state index is 12.0. The van der Waals surface area contributed by atoms with Crippen LogP contribution in [0.15, 0.2) is 24.3 Å². The number of para-hydroxylation sites is 1. The number of rotatable bonds is 1. The number of anilines is 1. The first-order valence-corrected chi connectivity index (χ1v) is 5.79. The van der Waals surface area contributed by atoms with Crippen LogP contribution in [0, 0.1) is 18.3 Å². The fourth-order valence-electron chi connectivity index (χ4n) is 2.21. The normalized spacial score (nSPS) is 18.1. The first kappa shape index (κ1) is 11.5. The van der Waals surface area contributed by atoms with Gasteiger partial charge in [0, 0.05) is 12.2 Å². The number of carbonyl (C=O) groups excluding carboxylic acids is 1. The maximum Gasteiger partial charge on any atom is 0.322 e. The molecule has 0 aliphatic carbocycles. The third-order valence-corrected chi connectivity index (χ3v) is 2.93. The van der Waals surface area contributed by atoms with E-state index in [4.69, 9.17) is 6.42 Å². The van der Waals surface area contributed by atoms with Gasteiger partial charge in [0.15, 0.2) is 0 Å². The third-order valence-electron chi connectivity index (χ3n) is 2.93. The van der Waals surface area contributed by atoms with Crippen LogP contribution < -0.4 is 10.2 Å². The maximum atomic E-state index is 12.0. The first-order valence-electron chi connectivity index (χ1n) is 5.79. The van der Waals surface area contributed by atoms with E-state index < -0.39 is 0 Å². The molecule has 0 aromatic heterocycles. The zero-order chi connectivity index (χ0) is 12.3. The average molecular weight is 228 g/mol. The minimum Gasteiger partial charge on any atom is -0.327 e. The lowest BCUT2D eigenvalue weighted by molar-refractivity contribution is 0.245. The highest BCUT2D eigenvalue weighted by molar-refractivity contribution is 5.93. The molecule has 1 N–H and O–H groups in total. The molecule has 0 saturated heterocycles. The van der Waals surface area contributed by atoms with E-state index in [0.717, 1.165) is 18.7 Å². The number of terminal acetylenes is 1. The summed E-state index contributed by atoms with van der Waals surface area (Å²) in [5, 5.41) is 2.71. The summed E-state index contributed by atoms with van der Waals surface area (Å²) in [6.07, 6.45) is 6.17. The van der Waals surface area contributed by atoms with E-state index in [1.54, 1.807) is 4.90 Å². The van der Waals surface area contributed by atoms with Gasteiger partial charge < -0.3 is 5.32 Å². The van der Waals surface area contributed by atoms with Crippen molar-refractivity contribution >= 4 is 11.7 Å². The quantitative estimate of drug-likeness (QED) is 0.733. The highest BCUT2D eigenvalue weighted by Gasteiger charge is 2.25. The Kier molecular flexibility index (Phi) is 3.34. The monoisotopic (exact) mass is 228 g/mol. The molecule has 0 saturated carbocycles. The molecule has 2 rings (SSSR count). The van der Waals surface area contributed by atoms with E-state index in [1.165, 1.54) is 5.56 Å². The Hall–Kier alpha value is -1.95. The minimum absolute atomic E-state index is 0.109. The van der Waals surface area contributed by atoms with Gasteiger partial charge in [0.05, 0.1) is 6.54 Å². The first-order chi connectivity index (χ1) is 8.22. The van der Waals surface area contributed by atoms with Gasteiger partial charge in [0.1, 0.15) is 0 Å². The molecule has 3 heteroatoms. The van der Waals surface area contributed by atoms with Gasteiger partial charge in [-0.25, -0.2) is 4.79 Å². The predicted octanol–water partition coefficient (Wildman–Crippen LogP) is 2.03. The second-order valence-electron chi connectivity index (χ2n) is 4.41. The molecule has 1 aliphatic heterocycles. The molecule has 1 heterocycles. The van der Waals surface area contributed by atoms with Crippen molar-refractivity contribution in [2.24, 2.45) is 5.92 Å². The van der Waals surface area contributed by atoms with Crippen molar-refractivity contribution in [3.05, 3.63) is 29.8 Å². The van der Waals surface area contributed by atoms with Crippen molar-refractivity contribution in [2.45, 2.75) is 13.3 Å². The van der Waals surface area contributed by atoms with Crippen LogP contribution in [-0.2, 0) is 6.42 Å². The molecule has 0 radical (unpaired) electrons. The number of hydrogen-bond donors (Lipinski definition) is 1. The van der Waals surface area contributed by atoms with Gasteiger partial charge in [-0.2, -0.15) is 0 Å². The zero-order valence-corrected chi connectivity index (χ0v) is 9.94. The molecule has 0 bridgehead atoms. The van der Waals surface area contributed by atoms with Crippen molar-refractivity contribution in [1.29, 1.82) is 0 Å². The van der Waals surface area contributed by atoms with Crippen LogP contribution in [0.5, 0.6) is 0 Å². The number of urea groups is 1. The van der Waals surface area contributed by atoms with Crippen LogP contribution >= 0.6 is 0 Å². The number of carbonyl (C=O) groups is 1.